The third-order valence-electron chi connectivity index (χ3n) is 19.1. The lowest BCUT2D eigenvalue weighted by molar-refractivity contribution is 0.332. The van der Waals surface area contributed by atoms with Gasteiger partial charge in [-0.05, 0) is 192 Å². The third-order valence-corrected chi connectivity index (χ3v) is 20.3. The van der Waals surface area contributed by atoms with Gasteiger partial charge in [-0.2, -0.15) is 0 Å². The van der Waals surface area contributed by atoms with E-state index in [-0.39, 0.29) is 39.2 Å². The summed E-state index contributed by atoms with van der Waals surface area (Å²) in [6, 6.07) is 66.1. The van der Waals surface area contributed by atoms with Crippen molar-refractivity contribution in [1.82, 2.24) is 0 Å². The minimum Gasteiger partial charge on any atom is -0.311 e. The molecular weight excluding hydrogens is 974 g/mol. The van der Waals surface area contributed by atoms with Crippen LogP contribution < -0.4 is 30.4 Å². The van der Waals surface area contributed by atoms with E-state index in [9.17, 15) is 0 Å². The summed E-state index contributed by atoms with van der Waals surface area (Å²) in [6.07, 6.45) is 4.64. The van der Waals surface area contributed by atoms with E-state index in [4.69, 9.17) is 0 Å². The summed E-state index contributed by atoms with van der Waals surface area (Å²) in [5.41, 5.74) is 24.7. The van der Waals surface area contributed by atoms with E-state index in [1.54, 1.807) is 0 Å². The molecule has 398 valence electrons. The van der Waals surface area contributed by atoms with E-state index in [2.05, 4.69) is 281 Å². The van der Waals surface area contributed by atoms with E-state index in [1.807, 2.05) is 11.3 Å². The summed E-state index contributed by atoms with van der Waals surface area (Å²) in [4.78, 5) is 7.91. The number of hydrogen-bond donors (Lipinski definition) is 0. The molecule has 0 radical (unpaired) electrons. The highest BCUT2D eigenvalue weighted by molar-refractivity contribution is 7.33. The maximum atomic E-state index is 2.72. The zero-order chi connectivity index (χ0) is 55.3. The van der Waals surface area contributed by atoms with Crippen LogP contribution in [-0.4, -0.2) is 6.71 Å². The molecule has 0 saturated heterocycles. The van der Waals surface area contributed by atoms with Crippen LogP contribution in [0.2, 0.25) is 0 Å². The monoisotopic (exact) mass is 1050 g/mol. The number of thiophene rings is 1. The van der Waals surface area contributed by atoms with Gasteiger partial charge in [0.15, 0.2) is 0 Å². The quantitative estimate of drug-likeness (QED) is 0.154. The van der Waals surface area contributed by atoms with Gasteiger partial charge in [-0.15, -0.1) is 11.3 Å². The molecule has 1 aromatic heterocycles. The first kappa shape index (κ1) is 51.6. The van der Waals surface area contributed by atoms with Gasteiger partial charge in [0, 0.05) is 54.7 Å². The topological polar surface area (TPSA) is 9.72 Å². The van der Waals surface area contributed by atoms with Crippen LogP contribution in [0.3, 0.4) is 0 Å². The first-order valence-electron chi connectivity index (χ1n) is 29.2. The van der Waals surface area contributed by atoms with E-state index < -0.39 is 0 Å². The van der Waals surface area contributed by atoms with Crippen LogP contribution in [0.5, 0.6) is 0 Å². The first-order chi connectivity index (χ1) is 37.4. The van der Waals surface area contributed by atoms with E-state index in [0.717, 1.165) is 36.3 Å². The second-order valence-electron chi connectivity index (χ2n) is 28.4. The van der Waals surface area contributed by atoms with Gasteiger partial charge in [-0.1, -0.05) is 188 Å². The summed E-state index contributed by atoms with van der Waals surface area (Å²) in [7, 11) is 0. The van der Waals surface area contributed by atoms with Crippen molar-refractivity contribution in [3.63, 3.8) is 0 Å². The van der Waals surface area contributed by atoms with Crippen LogP contribution in [0.1, 0.15) is 156 Å². The number of hydrogen-bond acceptors (Lipinski definition) is 4. The average molecular weight is 1050 g/mol. The predicted molar refractivity (Wildman–Crippen MR) is 344 cm³/mol. The van der Waals surface area contributed by atoms with Crippen molar-refractivity contribution in [2.24, 2.45) is 0 Å². The van der Waals surface area contributed by atoms with Gasteiger partial charge in [-0.25, -0.2) is 0 Å². The summed E-state index contributed by atoms with van der Waals surface area (Å²) in [6.45, 7) is 33.9. The molecule has 9 aromatic rings. The minimum absolute atomic E-state index is 0.00302. The number of rotatable bonds is 6. The molecule has 0 saturated carbocycles. The predicted octanol–water partition coefficient (Wildman–Crippen LogP) is 19.4. The molecule has 2 aliphatic heterocycles. The second-order valence-corrected chi connectivity index (χ2v) is 29.5. The first-order valence-corrected chi connectivity index (χ1v) is 30.0. The fourth-order valence-corrected chi connectivity index (χ4v) is 15.3. The van der Waals surface area contributed by atoms with Gasteiger partial charge < -0.3 is 14.7 Å². The Labute approximate surface area is 476 Å². The molecule has 0 amide bonds. The van der Waals surface area contributed by atoms with Gasteiger partial charge in [0.05, 0.1) is 11.4 Å². The van der Waals surface area contributed by atoms with Crippen molar-refractivity contribution in [2.45, 2.75) is 155 Å². The van der Waals surface area contributed by atoms with Gasteiger partial charge in [0.25, 0.3) is 6.71 Å². The van der Waals surface area contributed by atoms with Gasteiger partial charge in [0.2, 0.25) is 0 Å². The zero-order valence-electron chi connectivity index (χ0n) is 49.3. The molecule has 0 bridgehead atoms. The Balaban J connectivity index is 1.18. The van der Waals surface area contributed by atoms with Gasteiger partial charge >= 0.3 is 0 Å². The van der Waals surface area contributed by atoms with Crippen LogP contribution in [0.15, 0.2) is 170 Å². The molecule has 0 N–H and O–H groups in total. The molecule has 0 spiro atoms. The van der Waals surface area contributed by atoms with Crippen LogP contribution >= 0.6 is 11.3 Å². The highest BCUT2D eigenvalue weighted by atomic mass is 32.1. The Morgan fingerprint density at radius 3 is 1.54 bits per heavy atom. The second kappa shape index (κ2) is 17.8. The molecule has 3 heterocycles. The highest BCUT2D eigenvalue weighted by Gasteiger charge is 2.49. The lowest BCUT2D eigenvalue weighted by Crippen LogP contribution is -2.61. The molecule has 13 rings (SSSR count). The van der Waals surface area contributed by atoms with Gasteiger partial charge in [-0.3, -0.25) is 0 Å². The van der Waals surface area contributed by atoms with Crippen molar-refractivity contribution in [1.29, 1.82) is 0 Å². The van der Waals surface area contributed by atoms with E-state index >= 15 is 0 Å². The molecule has 4 aliphatic rings. The molecule has 2 aliphatic carbocycles. The van der Waals surface area contributed by atoms with Crippen molar-refractivity contribution in [3.8, 4) is 11.1 Å². The minimum atomic E-state index is -0.0323. The van der Waals surface area contributed by atoms with Gasteiger partial charge in [0.1, 0.15) is 0 Å². The molecule has 79 heavy (non-hydrogen) atoms. The summed E-state index contributed by atoms with van der Waals surface area (Å²) < 4.78 is 2.75. The molecule has 8 aromatic carbocycles. The molecule has 0 unspecified atom stereocenters. The van der Waals surface area contributed by atoms with Crippen molar-refractivity contribution in [3.05, 3.63) is 203 Å². The average Bonchev–Trinajstić information content (AvgIpc) is 2.83. The Bertz CT molecular complexity index is 3870. The SMILES string of the molecule is CC(C)(C)c1ccc(N2c3cc(N(c4ccccc4)c4ccc(-c5ccccc5)cc4)cc4c3B(c3cc5c(cc3N4c3ccc4c(c3)C(C)(C)CCC4(C)C)C(C)(C)CCC5(C)C)c3sc4ccc(C(C)(C)C)cc4c32)cc1. The van der Waals surface area contributed by atoms with Crippen LogP contribution in [0, 0.1) is 0 Å². The summed E-state index contributed by atoms with van der Waals surface area (Å²) >= 11 is 2.01. The molecule has 0 fully saturated rings. The van der Waals surface area contributed by atoms with Crippen molar-refractivity contribution in [2.75, 3.05) is 14.7 Å². The standard InChI is InChI=1S/C74H78BN3S/c1-69(2,3)49-27-32-53(33-28-49)78-64-44-55(76(51-23-19-16-20-24-51)52-30-25-48(26-31-52)47-21-17-15-18-22-47)43-63-66(64)75(68-67(78)56-41-50(70(4,5)6)29-36-65(56)79-68)61-45-59-60(74(13,14)40-39-73(59,11)12)46-62(61)77(63)54-34-35-57-58(42-54)72(9,10)38-37-71(57,7)8/h15-36,41-46H,37-40H2,1-14H3. The lowest BCUT2D eigenvalue weighted by Gasteiger charge is -2.48. The third kappa shape index (κ3) is 8.42. The van der Waals surface area contributed by atoms with Crippen molar-refractivity contribution < 1.29 is 0 Å². The molecular formula is C74H78BN3S. The van der Waals surface area contributed by atoms with Crippen LogP contribution in [0.25, 0.3) is 21.2 Å². The number of benzene rings is 8. The Kier molecular flexibility index (Phi) is 11.7. The number of anilines is 9. The largest absolute Gasteiger partial charge is 0.311 e. The fourth-order valence-electron chi connectivity index (χ4n) is 14.0. The Morgan fingerprint density at radius 1 is 0.430 bits per heavy atom. The number of para-hydroxylation sites is 1. The van der Waals surface area contributed by atoms with Crippen LogP contribution in [-0.2, 0) is 32.5 Å². The number of fused-ring (bicyclic) bond motifs is 8. The lowest BCUT2D eigenvalue weighted by atomic mass is 9.35. The molecule has 3 nitrogen and oxygen atoms in total. The maximum Gasteiger partial charge on any atom is 0.264 e. The Morgan fingerprint density at radius 2 is 0.937 bits per heavy atom. The van der Waals surface area contributed by atoms with Crippen LogP contribution in [0.4, 0.5) is 51.2 Å². The maximum absolute atomic E-state index is 2.72. The molecule has 5 heteroatoms. The van der Waals surface area contributed by atoms with Crippen molar-refractivity contribution >= 4 is 95.0 Å². The normalized spacial score (nSPS) is 17.4. The highest BCUT2D eigenvalue weighted by Crippen LogP contribution is 2.55. The fraction of sp³-hybridized carbons (Fsp3) is 0.324. The molecule has 0 atom stereocenters. The Hall–Kier alpha value is -6.82. The number of nitrogens with zero attached hydrogens (tertiary/aromatic N) is 3. The zero-order valence-corrected chi connectivity index (χ0v) is 50.1. The smallest absolute Gasteiger partial charge is 0.264 e. The summed E-state index contributed by atoms with van der Waals surface area (Å²) in [5, 5.41) is 1.32. The van der Waals surface area contributed by atoms with E-state index in [1.165, 1.54) is 111 Å². The summed E-state index contributed by atoms with van der Waals surface area (Å²) in [5.74, 6) is 0. The van der Waals surface area contributed by atoms with E-state index in [0.29, 0.717) is 0 Å².